The number of hydrogen-bond acceptors (Lipinski definition) is 4. The summed E-state index contributed by atoms with van der Waals surface area (Å²) >= 11 is 0. The van der Waals surface area contributed by atoms with Gasteiger partial charge in [-0.15, -0.1) is 6.58 Å². The molecule has 1 aromatic carbocycles. The molecule has 0 fully saturated rings. The van der Waals surface area contributed by atoms with E-state index >= 15 is 0 Å². The molecule has 0 aliphatic heterocycles. The highest BCUT2D eigenvalue weighted by atomic mass is 16.3. The molecule has 5 heteroatoms. The fraction of sp³-hybridized carbons (Fsp3) is 0.250. The van der Waals surface area contributed by atoms with Crippen LogP contribution in [0.4, 0.5) is 5.69 Å². The van der Waals surface area contributed by atoms with Crippen LogP contribution >= 0.6 is 0 Å². The molecule has 1 atom stereocenters. The Morgan fingerprint density at radius 2 is 2.12 bits per heavy atom. The number of aliphatic hydroxyl groups is 1. The Morgan fingerprint density at radius 1 is 1.47 bits per heavy atom. The summed E-state index contributed by atoms with van der Waals surface area (Å²) in [4.78, 5) is 12.9. The molecule has 0 aliphatic carbocycles. The van der Waals surface area contributed by atoms with E-state index in [1.54, 1.807) is 6.92 Å². The predicted molar refractivity (Wildman–Crippen MR) is 63.7 cm³/mol. The lowest BCUT2D eigenvalue weighted by atomic mass is 10.1. The lowest BCUT2D eigenvalue weighted by Gasteiger charge is -2.22. The molecule has 0 aromatic heterocycles. The standard InChI is InChI=1S/C12H15NO4/c1-3-8(2)12(17)13(7-14)9-4-5-10(15)11(16)6-9/h3-6,8,14-16H,1,7H2,2H3. The summed E-state index contributed by atoms with van der Waals surface area (Å²) in [6.07, 6.45) is 1.46. The van der Waals surface area contributed by atoms with Crippen molar-refractivity contribution < 1.29 is 20.1 Å². The minimum Gasteiger partial charge on any atom is -0.504 e. The number of aliphatic hydroxyl groups excluding tert-OH is 1. The molecule has 1 unspecified atom stereocenters. The van der Waals surface area contributed by atoms with E-state index < -0.39 is 12.6 Å². The number of anilines is 1. The molecular weight excluding hydrogens is 222 g/mol. The maximum absolute atomic E-state index is 11.9. The minimum atomic E-state index is -0.513. The molecule has 92 valence electrons. The minimum absolute atomic E-state index is 0.282. The molecule has 0 heterocycles. The zero-order chi connectivity index (χ0) is 13.0. The third-order valence-corrected chi connectivity index (χ3v) is 2.42. The van der Waals surface area contributed by atoms with Crippen LogP contribution in [0.25, 0.3) is 0 Å². The van der Waals surface area contributed by atoms with Crippen molar-refractivity contribution in [2.75, 3.05) is 11.6 Å². The van der Waals surface area contributed by atoms with E-state index in [9.17, 15) is 15.0 Å². The molecule has 0 aliphatic rings. The zero-order valence-electron chi connectivity index (χ0n) is 9.50. The summed E-state index contributed by atoms with van der Waals surface area (Å²) in [6, 6.07) is 3.89. The molecule has 1 aromatic rings. The van der Waals surface area contributed by atoms with Crippen LogP contribution in [0, 0.1) is 5.92 Å². The number of rotatable bonds is 4. The van der Waals surface area contributed by atoms with E-state index in [0.29, 0.717) is 5.69 Å². The second-order valence-corrected chi connectivity index (χ2v) is 3.61. The number of phenols is 2. The second kappa shape index (κ2) is 5.36. The second-order valence-electron chi connectivity index (χ2n) is 3.61. The molecular formula is C12H15NO4. The van der Waals surface area contributed by atoms with Crippen LogP contribution in [0.5, 0.6) is 11.5 Å². The van der Waals surface area contributed by atoms with Crippen LogP contribution in [-0.2, 0) is 4.79 Å². The van der Waals surface area contributed by atoms with Crippen molar-refractivity contribution in [1.29, 1.82) is 0 Å². The molecule has 0 bridgehead atoms. The van der Waals surface area contributed by atoms with Crippen LogP contribution in [0.2, 0.25) is 0 Å². The van der Waals surface area contributed by atoms with Gasteiger partial charge in [-0.2, -0.15) is 0 Å². The van der Waals surface area contributed by atoms with Gasteiger partial charge in [-0.05, 0) is 12.1 Å². The van der Waals surface area contributed by atoms with E-state index in [2.05, 4.69) is 6.58 Å². The molecule has 0 spiro atoms. The fourth-order valence-electron chi connectivity index (χ4n) is 1.30. The van der Waals surface area contributed by atoms with Crippen molar-refractivity contribution in [3.8, 4) is 11.5 Å². The van der Waals surface area contributed by atoms with Crippen LogP contribution < -0.4 is 4.90 Å². The largest absolute Gasteiger partial charge is 0.504 e. The summed E-state index contributed by atoms with van der Waals surface area (Å²) < 4.78 is 0. The molecule has 0 saturated carbocycles. The van der Waals surface area contributed by atoms with Gasteiger partial charge in [0.2, 0.25) is 5.91 Å². The van der Waals surface area contributed by atoms with Gasteiger partial charge in [0, 0.05) is 11.8 Å². The van der Waals surface area contributed by atoms with Crippen LogP contribution in [0.3, 0.4) is 0 Å². The molecule has 0 radical (unpaired) electrons. The Kier molecular flexibility index (Phi) is 4.12. The van der Waals surface area contributed by atoms with Gasteiger partial charge >= 0.3 is 0 Å². The Bertz CT molecular complexity index is 431. The van der Waals surface area contributed by atoms with Crippen molar-refractivity contribution in [1.82, 2.24) is 0 Å². The highest BCUT2D eigenvalue weighted by molar-refractivity contribution is 5.95. The van der Waals surface area contributed by atoms with Crippen LogP contribution in [-0.4, -0.2) is 28.0 Å². The predicted octanol–water partition coefficient (Wildman–Crippen LogP) is 1.20. The topological polar surface area (TPSA) is 81.0 Å². The first-order valence-electron chi connectivity index (χ1n) is 5.08. The van der Waals surface area contributed by atoms with Gasteiger partial charge < -0.3 is 15.3 Å². The number of carbonyl (C=O) groups excluding carboxylic acids is 1. The third-order valence-electron chi connectivity index (χ3n) is 2.42. The highest BCUT2D eigenvalue weighted by Gasteiger charge is 2.19. The van der Waals surface area contributed by atoms with Crippen molar-refractivity contribution >= 4 is 11.6 Å². The first-order chi connectivity index (χ1) is 8.01. The van der Waals surface area contributed by atoms with E-state index in [1.165, 1.54) is 24.3 Å². The van der Waals surface area contributed by atoms with E-state index in [4.69, 9.17) is 5.11 Å². The molecule has 1 amide bonds. The average molecular weight is 237 g/mol. The molecule has 1 rings (SSSR count). The Morgan fingerprint density at radius 3 is 2.59 bits per heavy atom. The lowest BCUT2D eigenvalue weighted by Crippen LogP contribution is -2.35. The van der Waals surface area contributed by atoms with Gasteiger partial charge in [-0.1, -0.05) is 13.0 Å². The van der Waals surface area contributed by atoms with Crippen molar-refractivity contribution in [2.24, 2.45) is 5.92 Å². The Labute approximate surface area is 99.2 Å². The highest BCUT2D eigenvalue weighted by Crippen LogP contribution is 2.29. The number of nitrogens with zero attached hydrogens (tertiary/aromatic N) is 1. The fourth-order valence-corrected chi connectivity index (χ4v) is 1.30. The summed E-state index contributed by atoms with van der Waals surface area (Å²) in [5, 5.41) is 27.7. The summed E-state index contributed by atoms with van der Waals surface area (Å²) in [7, 11) is 0. The lowest BCUT2D eigenvalue weighted by molar-refractivity contribution is -0.121. The maximum Gasteiger partial charge on any atom is 0.235 e. The smallest absolute Gasteiger partial charge is 0.235 e. The first kappa shape index (κ1) is 13.1. The van der Waals surface area contributed by atoms with E-state index in [-0.39, 0.29) is 17.4 Å². The number of benzene rings is 1. The van der Waals surface area contributed by atoms with Crippen LogP contribution in [0.15, 0.2) is 30.9 Å². The molecule has 5 nitrogen and oxygen atoms in total. The molecule has 3 N–H and O–H groups in total. The van der Waals surface area contributed by atoms with Crippen molar-refractivity contribution in [3.63, 3.8) is 0 Å². The van der Waals surface area contributed by atoms with Crippen LogP contribution in [0.1, 0.15) is 6.92 Å². The molecule has 17 heavy (non-hydrogen) atoms. The Hall–Kier alpha value is -2.01. The number of hydrogen-bond donors (Lipinski definition) is 3. The third kappa shape index (κ3) is 2.76. The van der Waals surface area contributed by atoms with Gasteiger partial charge in [0.1, 0.15) is 6.73 Å². The summed E-state index contributed by atoms with van der Waals surface area (Å²) in [5.74, 6) is -1.42. The zero-order valence-corrected chi connectivity index (χ0v) is 9.50. The normalized spacial score (nSPS) is 11.9. The van der Waals surface area contributed by atoms with Gasteiger partial charge in [0.15, 0.2) is 11.5 Å². The van der Waals surface area contributed by atoms with Gasteiger partial charge in [-0.25, -0.2) is 0 Å². The number of aromatic hydroxyl groups is 2. The van der Waals surface area contributed by atoms with E-state index in [1.807, 2.05) is 0 Å². The quantitative estimate of drug-likeness (QED) is 0.417. The number of amides is 1. The average Bonchev–Trinajstić information content (AvgIpc) is 2.33. The van der Waals surface area contributed by atoms with Gasteiger partial charge in [0.25, 0.3) is 0 Å². The Balaban J connectivity index is 3.05. The first-order valence-corrected chi connectivity index (χ1v) is 5.08. The molecule has 0 saturated heterocycles. The SMILES string of the molecule is C=CC(C)C(=O)N(CO)c1ccc(O)c(O)c1. The van der Waals surface area contributed by atoms with Crippen molar-refractivity contribution in [3.05, 3.63) is 30.9 Å². The van der Waals surface area contributed by atoms with Gasteiger partial charge in [0.05, 0.1) is 5.92 Å². The summed E-state index contributed by atoms with van der Waals surface area (Å²) in [6.45, 7) is 4.64. The van der Waals surface area contributed by atoms with E-state index in [0.717, 1.165) is 4.90 Å². The van der Waals surface area contributed by atoms with Crippen molar-refractivity contribution in [2.45, 2.75) is 6.92 Å². The number of carbonyl (C=O) groups is 1. The van der Waals surface area contributed by atoms with Gasteiger partial charge in [-0.3, -0.25) is 9.69 Å². The monoisotopic (exact) mass is 237 g/mol. The summed E-state index contributed by atoms with van der Waals surface area (Å²) in [5.41, 5.74) is 0.307. The maximum atomic E-state index is 11.9. The number of phenolic OH excluding ortho intramolecular Hbond substituents is 2.